The second kappa shape index (κ2) is 5.26. The molecule has 1 heterocycles. The fraction of sp³-hybridized carbons (Fsp3) is 0.500. The van der Waals surface area contributed by atoms with Gasteiger partial charge in [0.05, 0.1) is 12.9 Å². The largest absolute Gasteiger partial charge is 0.392 e. The van der Waals surface area contributed by atoms with Gasteiger partial charge in [-0.05, 0) is 6.07 Å². The number of hydrogen-bond donors (Lipinski definition) is 1. The number of aliphatic hydroxyl groups is 1. The summed E-state index contributed by atoms with van der Waals surface area (Å²) in [6.07, 6.45) is 1.24. The van der Waals surface area contributed by atoms with Gasteiger partial charge < -0.3 is 10.0 Å². The fourth-order valence-corrected chi connectivity index (χ4v) is 3.04. The van der Waals surface area contributed by atoms with E-state index in [9.17, 15) is 13.5 Å². The smallest absolute Gasteiger partial charge is 0.211 e. The highest BCUT2D eigenvalue weighted by molar-refractivity contribution is 7.88. The van der Waals surface area contributed by atoms with E-state index < -0.39 is 10.0 Å². The molecule has 0 radical (unpaired) electrons. The van der Waals surface area contributed by atoms with E-state index in [4.69, 9.17) is 0 Å². The predicted octanol–water partition coefficient (Wildman–Crippen LogP) is 0.260. The van der Waals surface area contributed by atoms with Crippen LogP contribution in [0.25, 0.3) is 0 Å². The summed E-state index contributed by atoms with van der Waals surface area (Å²) in [5.41, 5.74) is 1.87. The monoisotopic (exact) mass is 270 g/mol. The molecule has 0 bridgehead atoms. The van der Waals surface area contributed by atoms with Crippen molar-refractivity contribution in [2.75, 3.05) is 37.3 Å². The van der Waals surface area contributed by atoms with Crippen LogP contribution < -0.4 is 4.90 Å². The van der Waals surface area contributed by atoms with Crippen molar-refractivity contribution in [1.82, 2.24) is 4.31 Å². The Bertz CT molecular complexity index is 508. The van der Waals surface area contributed by atoms with Gasteiger partial charge in [-0.3, -0.25) is 0 Å². The maximum atomic E-state index is 11.4. The Hall–Kier alpha value is -1.11. The molecule has 0 saturated carbocycles. The second-order valence-corrected chi connectivity index (χ2v) is 6.42. The van der Waals surface area contributed by atoms with Crippen LogP contribution in [-0.2, 0) is 16.6 Å². The van der Waals surface area contributed by atoms with Crippen LogP contribution in [0.5, 0.6) is 0 Å². The zero-order valence-corrected chi connectivity index (χ0v) is 11.2. The Kier molecular flexibility index (Phi) is 3.89. The van der Waals surface area contributed by atoms with Gasteiger partial charge in [-0.25, -0.2) is 8.42 Å². The fourth-order valence-electron chi connectivity index (χ4n) is 2.21. The minimum atomic E-state index is -3.09. The third kappa shape index (κ3) is 2.82. The lowest BCUT2D eigenvalue weighted by Gasteiger charge is -2.35. The number of piperazine rings is 1. The number of para-hydroxylation sites is 1. The van der Waals surface area contributed by atoms with Crippen molar-refractivity contribution in [2.45, 2.75) is 6.61 Å². The van der Waals surface area contributed by atoms with Crippen molar-refractivity contribution < 1.29 is 13.5 Å². The van der Waals surface area contributed by atoms with Crippen molar-refractivity contribution in [3.63, 3.8) is 0 Å². The SMILES string of the molecule is CS(=O)(=O)N1CCN(c2ccccc2CO)CC1. The summed E-state index contributed by atoms with van der Waals surface area (Å²) in [6.45, 7) is 2.31. The van der Waals surface area contributed by atoms with Gasteiger partial charge in [-0.15, -0.1) is 0 Å². The molecule has 5 nitrogen and oxygen atoms in total. The zero-order valence-electron chi connectivity index (χ0n) is 10.4. The van der Waals surface area contributed by atoms with Gasteiger partial charge in [-0.1, -0.05) is 18.2 Å². The van der Waals surface area contributed by atoms with Gasteiger partial charge in [0.1, 0.15) is 0 Å². The molecule has 0 amide bonds. The van der Waals surface area contributed by atoms with Gasteiger partial charge >= 0.3 is 0 Å². The average Bonchev–Trinajstić information content (AvgIpc) is 2.38. The lowest BCUT2D eigenvalue weighted by atomic mass is 10.1. The van der Waals surface area contributed by atoms with E-state index in [1.54, 1.807) is 0 Å². The Labute approximate surface area is 108 Å². The minimum absolute atomic E-state index is 0.00244. The molecule has 0 aromatic heterocycles. The molecule has 0 unspecified atom stereocenters. The van der Waals surface area contributed by atoms with Gasteiger partial charge in [0.25, 0.3) is 0 Å². The van der Waals surface area contributed by atoms with Crippen LogP contribution in [0.2, 0.25) is 0 Å². The van der Waals surface area contributed by atoms with E-state index in [1.807, 2.05) is 24.3 Å². The Morgan fingerprint density at radius 1 is 1.17 bits per heavy atom. The Morgan fingerprint density at radius 3 is 2.33 bits per heavy atom. The molecule has 0 aliphatic carbocycles. The molecule has 1 fully saturated rings. The van der Waals surface area contributed by atoms with E-state index in [2.05, 4.69) is 4.90 Å². The quantitative estimate of drug-likeness (QED) is 0.856. The molecule has 0 spiro atoms. The highest BCUT2D eigenvalue weighted by Crippen LogP contribution is 2.22. The molecule has 1 aliphatic heterocycles. The maximum absolute atomic E-state index is 11.4. The highest BCUT2D eigenvalue weighted by Gasteiger charge is 2.24. The molecule has 2 rings (SSSR count). The van der Waals surface area contributed by atoms with Crippen LogP contribution in [0.4, 0.5) is 5.69 Å². The molecule has 1 saturated heterocycles. The summed E-state index contributed by atoms with van der Waals surface area (Å²) in [7, 11) is -3.09. The first kappa shape index (κ1) is 13.3. The normalized spacial score (nSPS) is 18.0. The van der Waals surface area contributed by atoms with Crippen LogP contribution in [0.1, 0.15) is 5.56 Å². The van der Waals surface area contributed by atoms with Gasteiger partial charge in [0.2, 0.25) is 10.0 Å². The standard InChI is InChI=1S/C12H18N2O3S/c1-18(16,17)14-8-6-13(7-9-14)12-5-3-2-4-11(12)10-15/h2-5,15H,6-10H2,1H3. The van der Waals surface area contributed by atoms with Crippen LogP contribution >= 0.6 is 0 Å². The lowest BCUT2D eigenvalue weighted by molar-refractivity contribution is 0.281. The lowest BCUT2D eigenvalue weighted by Crippen LogP contribution is -2.48. The number of rotatable bonds is 3. The molecule has 18 heavy (non-hydrogen) atoms. The van der Waals surface area contributed by atoms with Crippen LogP contribution in [0, 0.1) is 0 Å². The second-order valence-electron chi connectivity index (χ2n) is 4.44. The summed E-state index contributed by atoms with van der Waals surface area (Å²) in [5, 5.41) is 9.30. The maximum Gasteiger partial charge on any atom is 0.211 e. The van der Waals surface area contributed by atoms with Crippen molar-refractivity contribution in [3.8, 4) is 0 Å². The van der Waals surface area contributed by atoms with Gasteiger partial charge in [-0.2, -0.15) is 4.31 Å². The summed E-state index contributed by atoms with van der Waals surface area (Å²) in [6, 6.07) is 7.67. The predicted molar refractivity (Wildman–Crippen MR) is 71.0 cm³/mol. The summed E-state index contributed by atoms with van der Waals surface area (Å²) < 4.78 is 24.3. The van der Waals surface area contributed by atoms with Crippen LogP contribution in [0.3, 0.4) is 0 Å². The van der Waals surface area contributed by atoms with E-state index in [0.29, 0.717) is 26.2 Å². The summed E-state index contributed by atoms with van der Waals surface area (Å²) >= 11 is 0. The zero-order chi connectivity index (χ0) is 13.2. The average molecular weight is 270 g/mol. The molecule has 1 aromatic carbocycles. The highest BCUT2D eigenvalue weighted by atomic mass is 32.2. The molecular weight excluding hydrogens is 252 g/mol. The van der Waals surface area contributed by atoms with Crippen molar-refractivity contribution in [1.29, 1.82) is 0 Å². The summed E-state index contributed by atoms with van der Waals surface area (Å²) in [5.74, 6) is 0. The first-order valence-corrected chi connectivity index (χ1v) is 7.76. The van der Waals surface area contributed by atoms with Crippen molar-refractivity contribution in [3.05, 3.63) is 29.8 Å². The molecule has 6 heteroatoms. The van der Waals surface area contributed by atoms with Crippen molar-refractivity contribution >= 4 is 15.7 Å². The Balaban J connectivity index is 2.10. The number of anilines is 1. The third-order valence-corrected chi connectivity index (χ3v) is 4.51. The minimum Gasteiger partial charge on any atom is -0.392 e. The molecule has 1 aromatic rings. The third-order valence-electron chi connectivity index (χ3n) is 3.21. The van der Waals surface area contributed by atoms with E-state index in [0.717, 1.165) is 11.3 Å². The number of sulfonamides is 1. The van der Waals surface area contributed by atoms with Crippen molar-refractivity contribution in [2.24, 2.45) is 0 Å². The number of aliphatic hydroxyl groups excluding tert-OH is 1. The van der Waals surface area contributed by atoms with Gasteiger partial charge in [0.15, 0.2) is 0 Å². The van der Waals surface area contributed by atoms with Crippen LogP contribution in [-0.4, -0.2) is 50.3 Å². The molecule has 1 N–H and O–H groups in total. The Morgan fingerprint density at radius 2 is 1.78 bits per heavy atom. The van der Waals surface area contributed by atoms with E-state index >= 15 is 0 Å². The number of benzene rings is 1. The van der Waals surface area contributed by atoms with E-state index in [-0.39, 0.29) is 6.61 Å². The van der Waals surface area contributed by atoms with Gasteiger partial charge in [0, 0.05) is 37.4 Å². The van der Waals surface area contributed by atoms with Crippen LogP contribution in [0.15, 0.2) is 24.3 Å². The summed E-state index contributed by atoms with van der Waals surface area (Å²) in [4.78, 5) is 2.12. The molecule has 0 atom stereocenters. The first-order chi connectivity index (χ1) is 8.52. The topological polar surface area (TPSA) is 60.9 Å². The number of nitrogens with zero attached hydrogens (tertiary/aromatic N) is 2. The number of hydrogen-bond acceptors (Lipinski definition) is 4. The first-order valence-electron chi connectivity index (χ1n) is 5.91. The molecule has 1 aliphatic rings. The van der Waals surface area contributed by atoms with E-state index in [1.165, 1.54) is 10.6 Å². The molecule has 100 valence electrons. The molecular formula is C12H18N2O3S.